The molecule has 3 N–H and O–H groups in total. The Morgan fingerprint density at radius 2 is 1.81 bits per heavy atom. The molecule has 1 saturated carbocycles. The molecule has 1 atom stereocenters. The van der Waals surface area contributed by atoms with Gasteiger partial charge in [-0.05, 0) is 44.2 Å². The maximum Gasteiger partial charge on any atom is 0.0947 e. The van der Waals surface area contributed by atoms with E-state index in [1.165, 1.54) is 51.6 Å². The maximum absolute atomic E-state index is 7.43. The molecule has 0 aromatic carbocycles. The summed E-state index contributed by atoms with van der Waals surface area (Å²) in [4.78, 5) is 2.50. The van der Waals surface area contributed by atoms with Gasteiger partial charge in [-0.2, -0.15) is 0 Å². The molecule has 1 aliphatic carbocycles. The maximum atomic E-state index is 7.43. The molecule has 1 heterocycles. The molecular weight excluding hydrogens is 198 g/mol. The van der Waals surface area contributed by atoms with Crippen molar-refractivity contribution in [2.24, 2.45) is 17.1 Å². The fourth-order valence-corrected chi connectivity index (χ4v) is 3.32. The minimum atomic E-state index is 0.220. The molecule has 1 aliphatic heterocycles. The van der Waals surface area contributed by atoms with Gasteiger partial charge in [0.15, 0.2) is 0 Å². The van der Waals surface area contributed by atoms with Crippen LogP contribution < -0.4 is 5.73 Å². The van der Waals surface area contributed by atoms with E-state index in [4.69, 9.17) is 11.1 Å². The number of nitrogens with zero attached hydrogens (tertiary/aromatic N) is 1. The molecule has 0 aromatic rings. The lowest BCUT2D eigenvalue weighted by molar-refractivity contribution is 0.104. The Morgan fingerprint density at radius 1 is 1.25 bits per heavy atom. The van der Waals surface area contributed by atoms with Crippen LogP contribution in [0.1, 0.15) is 45.4 Å². The third-order valence-electron chi connectivity index (χ3n) is 4.64. The van der Waals surface area contributed by atoms with Crippen LogP contribution in [-0.4, -0.2) is 30.4 Å². The summed E-state index contributed by atoms with van der Waals surface area (Å²) in [5, 5.41) is 7.43. The van der Waals surface area contributed by atoms with Crippen molar-refractivity contribution in [1.29, 1.82) is 5.41 Å². The van der Waals surface area contributed by atoms with Crippen molar-refractivity contribution in [2.45, 2.75) is 45.4 Å². The number of nitrogens with two attached hydrogens (primary N) is 1. The second kappa shape index (κ2) is 4.74. The van der Waals surface area contributed by atoms with Crippen molar-refractivity contribution in [3.8, 4) is 0 Å². The highest BCUT2D eigenvalue weighted by Gasteiger charge is 2.36. The summed E-state index contributed by atoms with van der Waals surface area (Å²) in [7, 11) is 0. The quantitative estimate of drug-likeness (QED) is 0.569. The Balaban J connectivity index is 1.78. The summed E-state index contributed by atoms with van der Waals surface area (Å²) in [5.41, 5.74) is 6.23. The number of likely N-dealkylation sites (tertiary alicyclic amines) is 1. The number of hydrogen-bond acceptors (Lipinski definition) is 2. The lowest BCUT2D eigenvalue weighted by Crippen LogP contribution is -2.42. The first-order valence-corrected chi connectivity index (χ1v) is 6.68. The average molecular weight is 223 g/mol. The largest absolute Gasteiger partial charge is 0.387 e. The highest BCUT2D eigenvalue weighted by Crippen LogP contribution is 2.46. The molecule has 3 heteroatoms. The summed E-state index contributed by atoms with van der Waals surface area (Å²) in [6, 6.07) is 0. The van der Waals surface area contributed by atoms with Crippen molar-refractivity contribution in [2.75, 3.05) is 19.6 Å². The van der Waals surface area contributed by atoms with Gasteiger partial charge in [0.25, 0.3) is 0 Å². The molecule has 2 fully saturated rings. The third-order valence-corrected chi connectivity index (χ3v) is 4.64. The normalized spacial score (nSPS) is 27.1. The van der Waals surface area contributed by atoms with E-state index >= 15 is 0 Å². The van der Waals surface area contributed by atoms with Crippen LogP contribution in [0.3, 0.4) is 0 Å². The highest BCUT2D eigenvalue weighted by atomic mass is 15.1. The molecule has 0 amide bonds. The van der Waals surface area contributed by atoms with Crippen LogP contribution in [-0.2, 0) is 0 Å². The Bertz CT molecular complexity index is 246. The fourth-order valence-electron chi connectivity index (χ4n) is 3.32. The van der Waals surface area contributed by atoms with Gasteiger partial charge in [-0.1, -0.05) is 19.8 Å². The lowest BCUT2D eigenvalue weighted by atomic mass is 9.77. The molecule has 1 saturated heterocycles. The molecule has 2 rings (SSSR count). The first-order valence-electron chi connectivity index (χ1n) is 6.68. The van der Waals surface area contributed by atoms with Gasteiger partial charge in [0.2, 0.25) is 0 Å². The van der Waals surface area contributed by atoms with Gasteiger partial charge in [0.1, 0.15) is 0 Å². The van der Waals surface area contributed by atoms with E-state index in [2.05, 4.69) is 11.8 Å². The molecule has 16 heavy (non-hydrogen) atoms. The van der Waals surface area contributed by atoms with Crippen molar-refractivity contribution < 1.29 is 0 Å². The zero-order valence-corrected chi connectivity index (χ0v) is 10.5. The minimum Gasteiger partial charge on any atom is -0.387 e. The van der Waals surface area contributed by atoms with Gasteiger partial charge in [0.05, 0.1) is 5.84 Å². The van der Waals surface area contributed by atoms with Gasteiger partial charge in [0, 0.05) is 12.5 Å². The Kier molecular flexibility index (Phi) is 3.53. The fraction of sp³-hybridized carbons (Fsp3) is 0.923. The zero-order valence-electron chi connectivity index (χ0n) is 10.5. The number of amidine groups is 1. The van der Waals surface area contributed by atoms with E-state index in [0.29, 0.717) is 11.3 Å². The summed E-state index contributed by atoms with van der Waals surface area (Å²) in [6.45, 7) is 5.48. The summed E-state index contributed by atoms with van der Waals surface area (Å²) >= 11 is 0. The number of nitrogens with one attached hydrogen (secondary N) is 1. The molecular formula is C13H25N3. The van der Waals surface area contributed by atoms with Crippen LogP contribution in [0.2, 0.25) is 0 Å². The van der Waals surface area contributed by atoms with E-state index < -0.39 is 0 Å². The topological polar surface area (TPSA) is 53.1 Å². The average Bonchev–Trinajstić information content (AvgIpc) is 2.70. The molecule has 0 radical (unpaired) electrons. The van der Waals surface area contributed by atoms with E-state index in [1.807, 2.05) is 0 Å². The number of hydrogen-bond donors (Lipinski definition) is 2. The Labute approximate surface area is 98.9 Å². The standard InChI is InChI=1S/C13H25N3/c1-11(12(14)15)10-16-8-6-13(7-9-16)4-2-3-5-13/h11H,2-10H2,1H3,(H3,14,15). The van der Waals surface area contributed by atoms with Crippen molar-refractivity contribution in [1.82, 2.24) is 4.90 Å². The third kappa shape index (κ3) is 2.57. The van der Waals surface area contributed by atoms with Gasteiger partial charge in [-0.15, -0.1) is 0 Å². The van der Waals surface area contributed by atoms with Crippen LogP contribution in [0.15, 0.2) is 0 Å². The minimum absolute atomic E-state index is 0.220. The molecule has 1 unspecified atom stereocenters. The highest BCUT2D eigenvalue weighted by molar-refractivity contribution is 5.79. The second-order valence-corrected chi connectivity index (χ2v) is 5.86. The van der Waals surface area contributed by atoms with Crippen LogP contribution in [0, 0.1) is 16.7 Å². The lowest BCUT2D eigenvalue weighted by Gasteiger charge is -2.40. The van der Waals surface area contributed by atoms with Crippen LogP contribution in [0.25, 0.3) is 0 Å². The molecule has 0 aromatic heterocycles. The van der Waals surface area contributed by atoms with E-state index in [0.717, 1.165) is 6.54 Å². The SMILES string of the molecule is CC(CN1CCC2(CCCC2)CC1)C(=N)N. The molecule has 1 spiro atoms. The predicted octanol–water partition coefficient (Wildman–Crippen LogP) is 2.21. The van der Waals surface area contributed by atoms with E-state index in [9.17, 15) is 0 Å². The molecule has 3 nitrogen and oxygen atoms in total. The van der Waals surface area contributed by atoms with E-state index in [1.54, 1.807) is 0 Å². The predicted molar refractivity (Wildman–Crippen MR) is 67.7 cm³/mol. The van der Waals surface area contributed by atoms with Crippen LogP contribution in [0.4, 0.5) is 0 Å². The smallest absolute Gasteiger partial charge is 0.0947 e. The van der Waals surface area contributed by atoms with Crippen LogP contribution >= 0.6 is 0 Å². The number of rotatable bonds is 3. The summed E-state index contributed by atoms with van der Waals surface area (Å²) in [5.74, 6) is 0.554. The van der Waals surface area contributed by atoms with Gasteiger partial charge in [-0.25, -0.2) is 0 Å². The Morgan fingerprint density at radius 3 is 2.31 bits per heavy atom. The second-order valence-electron chi connectivity index (χ2n) is 5.86. The van der Waals surface area contributed by atoms with Gasteiger partial charge in [-0.3, -0.25) is 5.41 Å². The van der Waals surface area contributed by atoms with Crippen molar-refractivity contribution >= 4 is 5.84 Å². The van der Waals surface area contributed by atoms with Gasteiger partial charge >= 0.3 is 0 Å². The summed E-state index contributed by atoms with van der Waals surface area (Å²) < 4.78 is 0. The van der Waals surface area contributed by atoms with Crippen molar-refractivity contribution in [3.63, 3.8) is 0 Å². The molecule has 2 aliphatic rings. The van der Waals surface area contributed by atoms with Crippen LogP contribution in [0.5, 0.6) is 0 Å². The van der Waals surface area contributed by atoms with Gasteiger partial charge < -0.3 is 10.6 Å². The summed E-state index contributed by atoms with van der Waals surface area (Å²) in [6.07, 6.45) is 8.56. The monoisotopic (exact) mass is 223 g/mol. The molecule has 92 valence electrons. The first kappa shape index (κ1) is 11.9. The number of piperidine rings is 1. The van der Waals surface area contributed by atoms with E-state index in [-0.39, 0.29) is 5.92 Å². The zero-order chi connectivity index (χ0) is 11.6. The van der Waals surface area contributed by atoms with Crippen molar-refractivity contribution in [3.05, 3.63) is 0 Å². The Hall–Kier alpha value is -0.570. The molecule has 0 bridgehead atoms. The first-order chi connectivity index (χ1) is 7.61.